The van der Waals surface area contributed by atoms with E-state index in [-0.39, 0.29) is 20.6 Å². The average Bonchev–Trinajstić information content (AvgIpc) is 2.56. The van der Waals surface area contributed by atoms with Crippen LogP contribution in [-0.2, 0) is 9.84 Å². The second-order valence-electron chi connectivity index (χ2n) is 4.97. The van der Waals surface area contributed by atoms with E-state index in [1.165, 1.54) is 18.2 Å². The second-order valence-corrected chi connectivity index (χ2v) is 7.69. The Labute approximate surface area is 148 Å². The van der Waals surface area contributed by atoms with E-state index in [2.05, 4.69) is 20.9 Å². The molecule has 25 heavy (non-hydrogen) atoms. The number of nitro benzene ring substituents is 1. The number of pyridine rings is 1. The molecule has 0 saturated heterocycles. The van der Waals surface area contributed by atoms with Crippen LogP contribution in [0.5, 0.6) is 0 Å². The molecule has 0 aliphatic heterocycles. The quantitative estimate of drug-likeness (QED) is 0.357. The molecule has 6 nitrogen and oxygen atoms in total. The third-order valence-electron chi connectivity index (χ3n) is 3.46. The maximum atomic E-state index is 13.4. The number of non-ortho nitro benzene ring substituents is 1. The lowest BCUT2D eigenvalue weighted by Gasteiger charge is -2.09. The number of aromatic nitrogens is 1. The Morgan fingerprint density at radius 3 is 2.44 bits per heavy atom. The van der Waals surface area contributed by atoms with Crippen LogP contribution in [-0.4, -0.2) is 18.3 Å². The minimum absolute atomic E-state index is 0.122. The summed E-state index contributed by atoms with van der Waals surface area (Å²) in [5.74, 6) is -2.46. The molecule has 0 radical (unpaired) electrons. The molecule has 0 aliphatic rings. The third-order valence-corrected chi connectivity index (χ3v) is 6.34. The summed E-state index contributed by atoms with van der Waals surface area (Å²) in [6, 6.07) is 6.01. The summed E-state index contributed by atoms with van der Waals surface area (Å²) in [4.78, 5) is 13.4. The molecule has 10 heteroatoms. The molecule has 0 aliphatic carbocycles. The van der Waals surface area contributed by atoms with Gasteiger partial charge in [0.05, 0.1) is 15.3 Å². The van der Waals surface area contributed by atoms with E-state index in [9.17, 15) is 27.3 Å². The third kappa shape index (κ3) is 2.98. The Morgan fingerprint density at radius 1 is 1.08 bits per heavy atom. The molecule has 1 aromatic heterocycles. The summed E-state index contributed by atoms with van der Waals surface area (Å²) in [5.41, 5.74) is 0.0217. The normalized spacial score (nSPS) is 11.6. The van der Waals surface area contributed by atoms with Crippen LogP contribution in [0.25, 0.3) is 10.9 Å². The highest BCUT2D eigenvalue weighted by Gasteiger charge is 2.24. The van der Waals surface area contributed by atoms with Crippen molar-refractivity contribution in [1.29, 1.82) is 0 Å². The van der Waals surface area contributed by atoms with Gasteiger partial charge in [-0.05, 0) is 40.2 Å². The van der Waals surface area contributed by atoms with Gasteiger partial charge in [-0.2, -0.15) is 0 Å². The topological polar surface area (TPSA) is 90.2 Å². The molecule has 0 bridgehead atoms. The lowest BCUT2D eigenvalue weighted by Crippen LogP contribution is -2.05. The zero-order chi connectivity index (χ0) is 18.4. The summed E-state index contributed by atoms with van der Waals surface area (Å²) in [6.07, 6.45) is 1.01. The van der Waals surface area contributed by atoms with Gasteiger partial charge >= 0.3 is 0 Å². The summed E-state index contributed by atoms with van der Waals surface area (Å²) < 4.78 is 51.9. The first-order chi connectivity index (χ1) is 11.7. The standard InChI is InChI=1S/C15H7BrF2N2O4S/c16-15-10-3-1-8(20(21)22)5-13(10)19-7-14(15)25(23,24)9-2-4-11(17)12(18)6-9/h1-7H. The van der Waals surface area contributed by atoms with Gasteiger partial charge in [0.15, 0.2) is 11.6 Å². The van der Waals surface area contributed by atoms with Crippen molar-refractivity contribution in [2.24, 2.45) is 0 Å². The molecule has 0 fully saturated rings. The largest absolute Gasteiger partial charge is 0.271 e. The van der Waals surface area contributed by atoms with Gasteiger partial charge < -0.3 is 0 Å². The van der Waals surface area contributed by atoms with E-state index < -0.39 is 31.3 Å². The van der Waals surface area contributed by atoms with Crippen LogP contribution in [0.15, 0.2) is 56.9 Å². The van der Waals surface area contributed by atoms with Crippen LogP contribution in [0.4, 0.5) is 14.5 Å². The van der Waals surface area contributed by atoms with Crippen molar-refractivity contribution in [3.63, 3.8) is 0 Å². The van der Waals surface area contributed by atoms with E-state index in [1.54, 1.807) is 0 Å². The number of fused-ring (bicyclic) bond motifs is 1. The van der Waals surface area contributed by atoms with Crippen molar-refractivity contribution in [3.8, 4) is 0 Å². The van der Waals surface area contributed by atoms with Crippen LogP contribution in [0, 0.1) is 21.7 Å². The van der Waals surface area contributed by atoms with Crippen LogP contribution < -0.4 is 0 Å². The zero-order valence-electron chi connectivity index (χ0n) is 12.1. The number of hydrogen-bond donors (Lipinski definition) is 0. The molecule has 0 atom stereocenters. The number of hydrogen-bond acceptors (Lipinski definition) is 5. The summed E-state index contributed by atoms with van der Waals surface area (Å²) >= 11 is 3.15. The monoisotopic (exact) mass is 428 g/mol. The number of halogens is 3. The number of sulfone groups is 1. The minimum atomic E-state index is -4.18. The smallest absolute Gasteiger partial charge is 0.258 e. The van der Waals surface area contributed by atoms with Gasteiger partial charge in [0, 0.05) is 28.2 Å². The Balaban J connectivity index is 2.21. The van der Waals surface area contributed by atoms with Gasteiger partial charge in [0.1, 0.15) is 4.90 Å². The Bertz CT molecular complexity index is 1140. The van der Waals surface area contributed by atoms with Crippen molar-refractivity contribution < 1.29 is 22.1 Å². The molecule has 128 valence electrons. The van der Waals surface area contributed by atoms with Gasteiger partial charge in [-0.1, -0.05) is 0 Å². The number of benzene rings is 2. The van der Waals surface area contributed by atoms with Crippen LogP contribution in [0.1, 0.15) is 0 Å². The van der Waals surface area contributed by atoms with Crippen molar-refractivity contribution >= 4 is 42.4 Å². The molecule has 1 heterocycles. The number of rotatable bonds is 3. The molecule has 0 N–H and O–H groups in total. The molecular weight excluding hydrogens is 422 g/mol. The zero-order valence-corrected chi connectivity index (χ0v) is 14.5. The predicted octanol–water partition coefficient (Wildman–Crippen LogP) is 4.02. The van der Waals surface area contributed by atoms with Crippen LogP contribution in [0.2, 0.25) is 0 Å². The van der Waals surface area contributed by atoms with Crippen molar-refractivity contribution in [2.45, 2.75) is 9.79 Å². The van der Waals surface area contributed by atoms with Gasteiger partial charge in [0.2, 0.25) is 9.84 Å². The van der Waals surface area contributed by atoms with Gasteiger partial charge in [-0.15, -0.1) is 0 Å². The van der Waals surface area contributed by atoms with E-state index in [4.69, 9.17) is 0 Å². The highest BCUT2D eigenvalue weighted by Crippen LogP contribution is 2.34. The molecule has 0 amide bonds. The maximum Gasteiger partial charge on any atom is 0.271 e. The molecule has 0 unspecified atom stereocenters. The molecule has 3 aromatic rings. The lowest BCUT2D eigenvalue weighted by atomic mass is 10.2. The van der Waals surface area contributed by atoms with Gasteiger partial charge in [-0.3, -0.25) is 15.1 Å². The van der Waals surface area contributed by atoms with E-state index >= 15 is 0 Å². The first kappa shape index (κ1) is 17.4. The highest BCUT2D eigenvalue weighted by atomic mass is 79.9. The molecular formula is C15H7BrF2N2O4S. The first-order valence-electron chi connectivity index (χ1n) is 6.64. The van der Waals surface area contributed by atoms with Crippen molar-refractivity contribution in [1.82, 2.24) is 4.98 Å². The average molecular weight is 429 g/mol. The summed E-state index contributed by atoms with van der Waals surface area (Å²) in [5, 5.41) is 11.1. The molecule has 0 saturated carbocycles. The molecule has 3 rings (SSSR count). The van der Waals surface area contributed by atoms with Crippen LogP contribution in [0.3, 0.4) is 0 Å². The summed E-state index contributed by atoms with van der Waals surface area (Å²) in [6.45, 7) is 0. The van der Waals surface area contributed by atoms with E-state index in [1.807, 2.05) is 0 Å². The fourth-order valence-electron chi connectivity index (χ4n) is 2.20. The summed E-state index contributed by atoms with van der Waals surface area (Å²) in [7, 11) is -4.18. The predicted molar refractivity (Wildman–Crippen MR) is 87.9 cm³/mol. The van der Waals surface area contributed by atoms with Crippen molar-refractivity contribution in [3.05, 3.63) is 68.8 Å². The Kier molecular flexibility index (Phi) is 4.25. The highest BCUT2D eigenvalue weighted by molar-refractivity contribution is 9.10. The van der Waals surface area contributed by atoms with Gasteiger partial charge in [0.25, 0.3) is 5.69 Å². The maximum absolute atomic E-state index is 13.4. The fraction of sp³-hybridized carbons (Fsp3) is 0. The Hall–Kier alpha value is -2.46. The SMILES string of the molecule is O=[N+]([O-])c1ccc2c(Br)c(S(=O)(=O)c3ccc(F)c(F)c3)cnc2c1. The fourth-order valence-corrected chi connectivity index (χ4v) is 4.58. The lowest BCUT2D eigenvalue weighted by molar-refractivity contribution is -0.384. The van der Waals surface area contributed by atoms with Crippen LogP contribution >= 0.6 is 15.9 Å². The van der Waals surface area contributed by atoms with Crippen molar-refractivity contribution in [2.75, 3.05) is 0 Å². The second kappa shape index (κ2) is 6.12. The minimum Gasteiger partial charge on any atom is -0.258 e. The molecule has 0 spiro atoms. The Morgan fingerprint density at radius 2 is 1.80 bits per heavy atom. The van der Waals surface area contributed by atoms with E-state index in [0.29, 0.717) is 17.5 Å². The van der Waals surface area contributed by atoms with Gasteiger partial charge in [-0.25, -0.2) is 17.2 Å². The van der Waals surface area contributed by atoms with E-state index in [0.717, 1.165) is 12.3 Å². The first-order valence-corrected chi connectivity index (χ1v) is 8.92. The molecule has 2 aromatic carbocycles. The number of nitrogens with zero attached hydrogens (tertiary/aromatic N) is 2. The number of nitro groups is 1.